The highest BCUT2D eigenvalue weighted by molar-refractivity contribution is 8.02. The van der Waals surface area contributed by atoms with Gasteiger partial charge in [-0.15, -0.1) is 11.8 Å². The Labute approximate surface area is 245 Å². The monoisotopic (exact) mass is 578 g/mol. The van der Waals surface area contributed by atoms with Gasteiger partial charge in [0.2, 0.25) is 0 Å². The van der Waals surface area contributed by atoms with Crippen LogP contribution in [-0.4, -0.2) is 55.5 Å². The molecule has 1 fully saturated rings. The van der Waals surface area contributed by atoms with Gasteiger partial charge in [-0.1, -0.05) is 18.2 Å². The summed E-state index contributed by atoms with van der Waals surface area (Å²) in [5, 5.41) is 19.0. The fraction of sp³-hybridized carbons (Fsp3) is 0.375. The lowest BCUT2D eigenvalue weighted by Gasteiger charge is -2.35. The number of ether oxygens (including phenoxy) is 3. The van der Waals surface area contributed by atoms with Gasteiger partial charge in [-0.25, -0.2) is 0 Å². The first-order chi connectivity index (χ1) is 19.7. The van der Waals surface area contributed by atoms with Crippen LogP contribution < -0.4 is 20.1 Å². The van der Waals surface area contributed by atoms with E-state index >= 15 is 0 Å². The second kappa shape index (κ2) is 13.3. The minimum absolute atomic E-state index is 0.0324. The molecule has 9 heteroatoms. The van der Waals surface area contributed by atoms with Crippen LogP contribution in [0.25, 0.3) is 22.5 Å². The van der Waals surface area contributed by atoms with Gasteiger partial charge in [0.25, 0.3) is 0 Å². The maximum Gasteiger partial charge on any atom is 0.322 e. The number of phenolic OH excluding ortho intramolecular Hbond substituents is 1. The molecule has 5 rings (SSSR count). The molecule has 218 valence electrons. The van der Waals surface area contributed by atoms with Gasteiger partial charge in [-0.3, -0.25) is 4.79 Å². The minimum Gasteiger partial charge on any atom is -0.504 e. The Morgan fingerprint density at radius 1 is 1.20 bits per heavy atom. The van der Waals surface area contributed by atoms with Crippen molar-refractivity contribution in [3.63, 3.8) is 0 Å². The molecule has 3 heterocycles. The van der Waals surface area contributed by atoms with E-state index in [2.05, 4.69) is 60.4 Å². The van der Waals surface area contributed by atoms with E-state index in [0.29, 0.717) is 23.7 Å². The van der Waals surface area contributed by atoms with Gasteiger partial charge >= 0.3 is 5.97 Å². The SMILES string of the molecule is COC(=O)C1CCCN1.COc1c(O)ccc2c1-c1ccc3c(c1/C(=C/CS/C=C\CC=O)O2)C(C)=CC(C)(C)N3. The normalized spacial score (nSPS) is 19.0. The molecule has 0 saturated carbocycles. The van der Waals surface area contributed by atoms with Crippen LogP contribution in [0.2, 0.25) is 0 Å². The van der Waals surface area contributed by atoms with Gasteiger partial charge in [-0.05, 0) is 75.4 Å². The zero-order valence-corrected chi connectivity index (χ0v) is 25.0. The van der Waals surface area contributed by atoms with Gasteiger partial charge in [0.15, 0.2) is 11.5 Å². The molecule has 1 atom stereocenters. The number of aromatic hydroxyl groups is 1. The number of fused-ring (bicyclic) bond motifs is 5. The fourth-order valence-corrected chi connectivity index (χ4v) is 5.98. The number of hydrogen-bond donors (Lipinski definition) is 3. The van der Waals surface area contributed by atoms with Gasteiger partial charge < -0.3 is 34.7 Å². The first kappa shape index (κ1) is 30.3. The van der Waals surface area contributed by atoms with E-state index in [9.17, 15) is 14.7 Å². The zero-order chi connectivity index (χ0) is 29.6. The summed E-state index contributed by atoms with van der Waals surface area (Å²) in [4.78, 5) is 21.2. The molecule has 0 radical (unpaired) electrons. The third kappa shape index (κ3) is 6.80. The topological polar surface area (TPSA) is 106 Å². The van der Waals surface area contributed by atoms with Crippen LogP contribution in [0.1, 0.15) is 51.2 Å². The highest BCUT2D eigenvalue weighted by Crippen LogP contribution is 2.53. The molecule has 0 amide bonds. The number of anilines is 1. The third-order valence-electron chi connectivity index (χ3n) is 7.01. The molecule has 1 saturated heterocycles. The molecule has 0 bridgehead atoms. The van der Waals surface area contributed by atoms with Crippen molar-refractivity contribution in [3.8, 4) is 28.4 Å². The summed E-state index contributed by atoms with van der Waals surface area (Å²) < 4.78 is 16.5. The van der Waals surface area contributed by atoms with Crippen LogP contribution in [0, 0.1) is 0 Å². The molecule has 3 aliphatic heterocycles. The number of nitrogens with one attached hydrogen (secondary N) is 2. The summed E-state index contributed by atoms with van der Waals surface area (Å²) in [7, 11) is 2.97. The number of esters is 1. The first-order valence-corrected chi connectivity index (χ1v) is 14.7. The highest BCUT2D eigenvalue weighted by atomic mass is 32.2. The molecule has 3 aliphatic rings. The van der Waals surface area contributed by atoms with Crippen molar-refractivity contribution in [1.29, 1.82) is 0 Å². The lowest BCUT2D eigenvalue weighted by molar-refractivity contribution is -0.142. The number of phenols is 1. The molecule has 41 heavy (non-hydrogen) atoms. The Hall–Kier alpha value is -3.69. The average Bonchev–Trinajstić information content (AvgIpc) is 3.49. The lowest BCUT2D eigenvalue weighted by Crippen LogP contribution is -2.32. The number of hydrogen-bond acceptors (Lipinski definition) is 9. The van der Waals surface area contributed by atoms with Crippen molar-refractivity contribution >= 4 is 41.0 Å². The summed E-state index contributed by atoms with van der Waals surface area (Å²) in [6, 6.07) is 7.47. The Morgan fingerprint density at radius 3 is 2.68 bits per heavy atom. The van der Waals surface area contributed by atoms with Gasteiger partial charge in [0, 0.05) is 34.6 Å². The summed E-state index contributed by atoms with van der Waals surface area (Å²) in [6.45, 7) is 7.35. The number of thioether (sulfide) groups is 1. The van der Waals surface area contributed by atoms with Crippen LogP contribution in [0.3, 0.4) is 0 Å². The van der Waals surface area contributed by atoms with Gasteiger partial charge in [-0.2, -0.15) is 0 Å². The Balaban J connectivity index is 0.000000367. The second-order valence-corrected chi connectivity index (χ2v) is 11.5. The molecule has 0 spiro atoms. The summed E-state index contributed by atoms with van der Waals surface area (Å²) in [5.41, 5.74) is 5.83. The summed E-state index contributed by atoms with van der Waals surface area (Å²) in [5.74, 6) is 2.45. The zero-order valence-electron chi connectivity index (χ0n) is 24.2. The molecular formula is C32H38N2O6S. The van der Waals surface area contributed by atoms with E-state index in [-0.39, 0.29) is 23.3 Å². The number of carbonyl (C=O) groups is 2. The number of benzene rings is 2. The smallest absolute Gasteiger partial charge is 0.322 e. The standard InChI is InChI=1S/C26H27NO4S.C6H11NO2/c1-16-15-26(2,3)27-18-8-7-17-23(22(16)18)21(11-14-32-13-6-5-12-28)31-20-10-9-19(29)25(30-4)24(17)20;1-9-6(8)5-3-2-4-7-5/h6-13,15,27,29H,5,14H2,1-4H3;5,7H,2-4H2,1H3/b13-6-,21-11-;. The van der Waals surface area contributed by atoms with Crippen LogP contribution in [-0.2, 0) is 14.3 Å². The molecule has 2 aromatic carbocycles. The molecule has 8 nitrogen and oxygen atoms in total. The van der Waals surface area contributed by atoms with Crippen molar-refractivity contribution in [2.45, 2.75) is 51.6 Å². The van der Waals surface area contributed by atoms with Crippen molar-refractivity contribution in [3.05, 3.63) is 59.0 Å². The van der Waals surface area contributed by atoms with Crippen LogP contribution in [0.4, 0.5) is 5.69 Å². The minimum atomic E-state index is -0.155. The number of rotatable bonds is 7. The predicted octanol–water partition coefficient (Wildman–Crippen LogP) is 6.16. The number of aldehydes is 1. The second-order valence-electron chi connectivity index (χ2n) is 10.5. The van der Waals surface area contributed by atoms with Crippen molar-refractivity contribution < 1.29 is 28.9 Å². The number of carbonyl (C=O) groups excluding carboxylic acids is 2. The molecule has 0 aliphatic carbocycles. The molecule has 0 aromatic heterocycles. The maximum atomic E-state index is 10.7. The largest absolute Gasteiger partial charge is 0.504 e. The van der Waals surface area contributed by atoms with Crippen LogP contribution >= 0.6 is 11.8 Å². The Kier molecular flexibility index (Phi) is 9.83. The predicted molar refractivity (Wildman–Crippen MR) is 165 cm³/mol. The van der Waals surface area contributed by atoms with E-state index in [0.717, 1.165) is 64.9 Å². The average molecular weight is 579 g/mol. The van der Waals surface area contributed by atoms with Crippen molar-refractivity contribution in [2.75, 3.05) is 31.8 Å². The fourth-order valence-electron chi connectivity index (χ4n) is 5.38. The van der Waals surface area contributed by atoms with E-state index in [1.807, 2.05) is 11.5 Å². The third-order valence-corrected chi connectivity index (χ3v) is 7.75. The summed E-state index contributed by atoms with van der Waals surface area (Å²) >= 11 is 1.60. The number of allylic oxidation sites excluding steroid dienone is 2. The van der Waals surface area contributed by atoms with Gasteiger partial charge in [0.1, 0.15) is 23.8 Å². The molecule has 3 N–H and O–H groups in total. The van der Waals surface area contributed by atoms with Gasteiger partial charge in [0.05, 0.1) is 25.3 Å². The quantitative estimate of drug-likeness (QED) is 0.202. The van der Waals surface area contributed by atoms with Crippen molar-refractivity contribution in [1.82, 2.24) is 5.32 Å². The molecule has 2 aromatic rings. The Bertz CT molecular complexity index is 1390. The first-order valence-electron chi connectivity index (χ1n) is 13.7. The van der Waals surface area contributed by atoms with E-state index < -0.39 is 0 Å². The molecule has 1 unspecified atom stereocenters. The van der Waals surface area contributed by atoms with E-state index in [1.165, 1.54) is 7.11 Å². The van der Waals surface area contributed by atoms with Crippen LogP contribution in [0.15, 0.2) is 47.9 Å². The Morgan fingerprint density at radius 2 is 2.00 bits per heavy atom. The van der Waals surface area contributed by atoms with E-state index in [4.69, 9.17) is 9.47 Å². The molecular weight excluding hydrogens is 540 g/mol. The highest BCUT2D eigenvalue weighted by Gasteiger charge is 2.33. The van der Waals surface area contributed by atoms with Crippen LogP contribution in [0.5, 0.6) is 17.2 Å². The maximum absolute atomic E-state index is 10.7. The summed E-state index contributed by atoms with van der Waals surface area (Å²) in [6.07, 6.45) is 9.43. The van der Waals surface area contributed by atoms with E-state index in [1.54, 1.807) is 31.0 Å². The number of methoxy groups -OCH3 is 2. The lowest BCUT2D eigenvalue weighted by atomic mass is 9.83. The van der Waals surface area contributed by atoms with Crippen molar-refractivity contribution in [2.24, 2.45) is 0 Å².